The van der Waals surface area contributed by atoms with Gasteiger partial charge in [0.2, 0.25) is 0 Å². The first-order valence-corrected chi connectivity index (χ1v) is 6.98. The maximum Gasteiger partial charge on any atom is 0.129 e. The normalized spacial score (nSPS) is 16.5. The standard InChI is InChI=1S/C15H22FNO2/c1-2-18-9-10-19-15(11-17-12-7-8-12)13-5-3-4-6-14(13)16/h3-6,12,15,17H,2,7-11H2,1H3. The number of halogens is 1. The van der Waals surface area contributed by atoms with Crippen molar-refractivity contribution in [2.24, 2.45) is 0 Å². The van der Waals surface area contributed by atoms with Crippen LogP contribution in [0.3, 0.4) is 0 Å². The van der Waals surface area contributed by atoms with Crippen molar-refractivity contribution in [2.45, 2.75) is 31.9 Å². The molecule has 1 aromatic rings. The van der Waals surface area contributed by atoms with Gasteiger partial charge in [0, 0.05) is 24.8 Å². The van der Waals surface area contributed by atoms with E-state index in [0.29, 0.717) is 38.0 Å². The minimum absolute atomic E-state index is 0.207. The zero-order valence-electron chi connectivity index (χ0n) is 11.4. The highest BCUT2D eigenvalue weighted by Crippen LogP contribution is 2.23. The number of nitrogens with one attached hydrogen (secondary N) is 1. The van der Waals surface area contributed by atoms with Gasteiger partial charge in [0.05, 0.1) is 19.3 Å². The molecule has 0 aromatic heterocycles. The van der Waals surface area contributed by atoms with Crippen LogP contribution in [0.15, 0.2) is 24.3 Å². The fraction of sp³-hybridized carbons (Fsp3) is 0.600. The first-order valence-electron chi connectivity index (χ1n) is 6.98. The first-order chi connectivity index (χ1) is 9.31. The number of ether oxygens (including phenoxy) is 2. The predicted octanol–water partition coefficient (Wildman–Crippen LogP) is 2.67. The molecule has 1 aliphatic carbocycles. The summed E-state index contributed by atoms with van der Waals surface area (Å²) in [5.74, 6) is -0.207. The lowest BCUT2D eigenvalue weighted by Crippen LogP contribution is -2.26. The quantitative estimate of drug-likeness (QED) is 0.698. The molecule has 106 valence electrons. The summed E-state index contributed by atoms with van der Waals surface area (Å²) in [7, 11) is 0. The van der Waals surface area contributed by atoms with Gasteiger partial charge in [-0.25, -0.2) is 4.39 Å². The van der Waals surface area contributed by atoms with Crippen molar-refractivity contribution in [3.05, 3.63) is 35.6 Å². The fourth-order valence-electron chi connectivity index (χ4n) is 1.95. The topological polar surface area (TPSA) is 30.5 Å². The van der Waals surface area contributed by atoms with Gasteiger partial charge in [0.1, 0.15) is 5.82 Å². The minimum Gasteiger partial charge on any atom is -0.379 e. The molecule has 19 heavy (non-hydrogen) atoms. The Morgan fingerprint density at radius 3 is 2.79 bits per heavy atom. The zero-order valence-corrected chi connectivity index (χ0v) is 11.4. The molecule has 4 heteroatoms. The monoisotopic (exact) mass is 267 g/mol. The molecule has 1 fully saturated rings. The molecule has 0 bridgehead atoms. The average Bonchev–Trinajstić information content (AvgIpc) is 3.23. The molecule has 1 aliphatic rings. The van der Waals surface area contributed by atoms with Crippen molar-refractivity contribution < 1.29 is 13.9 Å². The first kappa shape index (κ1) is 14.4. The summed E-state index contributed by atoms with van der Waals surface area (Å²) in [4.78, 5) is 0. The Labute approximate surface area is 114 Å². The van der Waals surface area contributed by atoms with E-state index in [2.05, 4.69) is 5.32 Å². The molecular formula is C15H22FNO2. The van der Waals surface area contributed by atoms with Crippen LogP contribution < -0.4 is 5.32 Å². The minimum atomic E-state index is -0.248. The van der Waals surface area contributed by atoms with Crippen molar-refractivity contribution in [3.8, 4) is 0 Å². The molecule has 2 rings (SSSR count). The highest BCUT2D eigenvalue weighted by atomic mass is 19.1. The molecular weight excluding hydrogens is 245 g/mol. The largest absolute Gasteiger partial charge is 0.379 e. The van der Waals surface area contributed by atoms with Gasteiger partial charge in [-0.2, -0.15) is 0 Å². The second-order valence-electron chi connectivity index (χ2n) is 4.76. The van der Waals surface area contributed by atoms with E-state index in [1.165, 1.54) is 18.9 Å². The summed E-state index contributed by atoms with van der Waals surface area (Å²) in [5, 5.41) is 3.39. The highest BCUT2D eigenvalue weighted by molar-refractivity contribution is 5.20. The van der Waals surface area contributed by atoms with Gasteiger partial charge in [0.25, 0.3) is 0 Å². The molecule has 1 N–H and O–H groups in total. The van der Waals surface area contributed by atoms with Crippen molar-refractivity contribution in [1.82, 2.24) is 5.32 Å². The molecule has 1 unspecified atom stereocenters. The molecule has 0 aliphatic heterocycles. The Kier molecular flexibility index (Phi) is 5.76. The van der Waals surface area contributed by atoms with E-state index in [9.17, 15) is 4.39 Å². The summed E-state index contributed by atoms with van der Waals surface area (Å²) in [6.07, 6.45) is 2.17. The van der Waals surface area contributed by atoms with Gasteiger partial charge in [-0.1, -0.05) is 18.2 Å². The molecule has 1 atom stereocenters. The van der Waals surface area contributed by atoms with Crippen molar-refractivity contribution in [3.63, 3.8) is 0 Å². The van der Waals surface area contributed by atoms with E-state index in [1.807, 2.05) is 13.0 Å². The Morgan fingerprint density at radius 1 is 1.32 bits per heavy atom. The second kappa shape index (κ2) is 7.58. The van der Waals surface area contributed by atoms with Crippen LogP contribution in [0.25, 0.3) is 0 Å². The predicted molar refractivity (Wildman–Crippen MR) is 72.6 cm³/mol. The van der Waals surface area contributed by atoms with Crippen molar-refractivity contribution >= 4 is 0 Å². The number of benzene rings is 1. The number of rotatable bonds is 9. The van der Waals surface area contributed by atoms with Gasteiger partial charge in [-0.3, -0.25) is 0 Å². The summed E-state index contributed by atoms with van der Waals surface area (Å²) >= 11 is 0. The van der Waals surface area contributed by atoms with Crippen LogP contribution in [-0.2, 0) is 9.47 Å². The summed E-state index contributed by atoms with van der Waals surface area (Å²) < 4.78 is 24.8. The lowest BCUT2D eigenvalue weighted by atomic mass is 10.1. The molecule has 3 nitrogen and oxygen atoms in total. The van der Waals surface area contributed by atoms with Crippen molar-refractivity contribution in [1.29, 1.82) is 0 Å². The molecule has 0 spiro atoms. The van der Waals surface area contributed by atoms with Crippen LogP contribution in [0.4, 0.5) is 4.39 Å². The number of hydrogen-bond acceptors (Lipinski definition) is 3. The summed E-state index contributed by atoms with van der Waals surface area (Å²) in [5.41, 5.74) is 0.618. The SMILES string of the molecule is CCOCCOC(CNC1CC1)c1ccccc1F. The van der Waals surface area contributed by atoms with E-state index < -0.39 is 0 Å². The zero-order chi connectivity index (χ0) is 13.5. The Hall–Kier alpha value is -0.970. The molecule has 1 aromatic carbocycles. The van der Waals surface area contributed by atoms with Gasteiger partial charge < -0.3 is 14.8 Å². The van der Waals surface area contributed by atoms with E-state index >= 15 is 0 Å². The van der Waals surface area contributed by atoms with Crippen LogP contribution in [0.1, 0.15) is 31.4 Å². The second-order valence-corrected chi connectivity index (χ2v) is 4.76. The molecule has 0 radical (unpaired) electrons. The van der Waals surface area contributed by atoms with Crippen molar-refractivity contribution in [2.75, 3.05) is 26.4 Å². The van der Waals surface area contributed by atoms with E-state index in [-0.39, 0.29) is 11.9 Å². The lowest BCUT2D eigenvalue weighted by molar-refractivity contribution is 0.00530. The Balaban J connectivity index is 1.90. The average molecular weight is 267 g/mol. The highest BCUT2D eigenvalue weighted by Gasteiger charge is 2.23. The smallest absolute Gasteiger partial charge is 0.129 e. The Bertz CT molecular complexity index is 382. The van der Waals surface area contributed by atoms with E-state index in [1.54, 1.807) is 12.1 Å². The van der Waals surface area contributed by atoms with Gasteiger partial charge in [0.15, 0.2) is 0 Å². The van der Waals surface area contributed by atoms with Gasteiger partial charge >= 0.3 is 0 Å². The van der Waals surface area contributed by atoms with Crippen LogP contribution in [0.5, 0.6) is 0 Å². The van der Waals surface area contributed by atoms with Crippen LogP contribution >= 0.6 is 0 Å². The van der Waals surface area contributed by atoms with Crippen LogP contribution in [0.2, 0.25) is 0 Å². The van der Waals surface area contributed by atoms with Gasteiger partial charge in [-0.05, 0) is 25.8 Å². The third-order valence-electron chi connectivity index (χ3n) is 3.17. The maximum absolute atomic E-state index is 13.8. The van der Waals surface area contributed by atoms with Crippen LogP contribution in [0, 0.1) is 5.82 Å². The van der Waals surface area contributed by atoms with Crippen LogP contribution in [-0.4, -0.2) is 32.4 Å². The number of hydrogen-bond donors (Lipinski definition) is 1. The third kappa shape index (κ3) is 4.90. The third-order valence-corrected chi connectivity index (χ3v) is 3.17. The molecule has 0 saturated heterocycles. The van der Waals surface area contributed by atoms with Gasteiger partial charge in [-0.15, -0.1) is 0 Å². The molecule has 0 heterocycles. The maximum atomic E-state index is 13.8. The molecule has 0 amide bonds. The van der Waals surface area contributed by atoms with E-state index in [4.69, 9.17) is 9.47 Å². The lowest BCUT2D eigenvalue weighted by Gasteiger charge is -2.19. The molecule has 1 saturated carbocycles. The summed E-state index contributed by atoms with van der Waals surface area (Å²) in [6, 6.07) is 7.39. The van der Waals surface area contributed by atoms with E-state index in [0.717, 1.165) is 0 Å². The Morgan fingerprint density at radius 2 is 2.11 bits per heavy atom. The summed E-state index contributed by atoms with van der Waals surface area (Å²) in [6.45, 7) is 4.30. The fourth-order valence-corrected chi connectivity index (χ4v) is 1.95.